The molecule has 1 aliphatic rings. The van der Waals surface area contributed by atoms with Gasteiger partial charge in [0.15, 0.2) is 0 Å². The number of amides is 2. The fraction of sp³-hybridized carbons (Fsp3) is 0.222. The number of carbonyl (C=O) groups is 3. The number of anilines is 1. The summed E-state index contributed by atoms with van der Waals surface area (Å²) in [6.07, 6.45) is 0.161. The summed E-state index contributed by atoms with van der Waals surface area (Å²) in [4.78, 5) is 36.5. The molecule has 0 saturated heterocycles. The highest BCUT2D eigenvalue weighted by Gasteiger charge is 2.29. The summed E-state index contributed by atoms with van der Waals surface area (Å²) in [6, 6.07) is 18.0. The average Bonchev–Trinajstić information content (AvgIpc) is 3.16. The number of hydrogen-bond acceptors (Lipinski definition) is 4. The van der Waals surface area contributed by atoms with Crippen LogP contribution in [0.5, 0.6) is 0 Å². The van der Waals surface area contributed by atoms with E-state index in [9.17, 15) is 18.8 Å². The maximum atomic E-state index is 13.8. The molecular weight excluding hydrogens is 451 g/mol. The van der Waals surface area contributed by atoms with Crippen molar-refractivity contribution in [1.29, 1.82) is 0 Å². The number of carboxylic acid groups (broad SMARTS) is 1. The first-order valence-electron chi connectivity index (χ1n) is 11.3. The number of carboxylic acids is 1. The minimum absolute atomic E-state index is 0.0113. The Morgan fingerprint density at radius 1 is 1.00 bits per heavy atom. The molecule has 7 nitrogen and oxygen atoms in total. The summed E-state index contributed by atoms with van der Waals surface area (Å²) in [5.74, 6) is -2.82. The van der Waals surface area contributed by atoms with E-state index in [-0.39, 0.29) is 23.8 Å². The van der Waals surface area contributed by atoms with Gasteiger partial charge >= 0.3 is 12.1 Å². The minimum Gasteiger partial charge on any atom is -0.478 e. The first-order chi connectivity index (χ1) is 16.9. The van der Waals surface area contributed by atoms with Crippen LogP contribution in [0.1, 0.15) is 47.2 Å². The number of nitrogens with one attached hydrogen (secondary N) is 2. The predicted molar refractivity (Wildman–Crippen MR) is 129 cm³/mol. The van der Waals surface area contributed by atoms with Gasteiger partial charge in [0.05, 0.1) is 5.56 Å². The lowest BCUT2D eigenvalue weighted by atomic mass is 9.98. The van der Waals surface area contributed by atoms with Crippen LogP contribution in [0.3, 0.4) is 0 Å². The molecule has 4 rings (SSSR count). The second-order valence-electron chi connectivity index (χ2n) is 8.33. The molecule has 0 heterocycles. The Bertz CT molecular complexity index is 1230. The molecule has 0 aliphatic heterocycles. The summed E-state index contributed by atoms with van der Waals surface area (Å²) < 4.78 is 19.3. The molecule has 3 N–H and O–H groups in total. The molecule has 0 bridgehead atoms. The van der Waals surface area contributed by atoms with Gasteiger partial charge in [-0.15, -0.1) is 0 Å². The molecular formula is C27H25FN2O5. The van der Waals surface area contributed by atoms with Crippen molar-refractivity contribution in [2.24, 2.45) is 0 Å². The van der Waals surface area contributed by atoms with Gasteiger partial charge in [0.25, 0.3) is 0 Å². The zero-order valence-corrected chi connectivity index (χ0v) is 19.1. The van der Waals surface area contributed by atoms with Crippen LogP contribution in [0, 0.1) is 5.82 Å². The van der Waals surface area contributed by atoms with Crippen molar-refractivity contribution in [2.45, 2.75) is 31.7 Å². The van der Waals surface area contributed by atoms with Crippen LogP contribution in [0.2, 0.25) is 0 Å². The lowest BCUT2D eigenvalue weighted by Gasteiger charge is -2.19. The van der Waals surface area contributed by atoms with E-state index in [0.29, 0.717) is 12.8 Å². The van der Waals surface area contributed by atoms with Crippen LogP contribution in [0.4, 0.5) is 14.9 Å². The average molecular weight is 477 g/mol. The van der Waals surface area contributed by atoms with Gasteiger partial charge in [-0.3, -0.25) is 4.79 Å². The molecule has 0 unspecified atom stereocenters. The van der Waals surface area contributed by atoms with Gasteiger partial charge in [0.2, 0.25) is 5.91 Å². The Hall–Kier alpha value is -4.20. The maximum absolute atomic E-state index is 13.8. The molecule has 1 aliphatic carbocycles. The van der Waals surface area contributed by atoms with Gasteiger partial charge in [0, 0.05) is 11.6 Å². The highest BCUT2D eigenvalue weighted by atomic mass is 19.1. The summed E-state index contributed by atoms with van der Waals surface area (Å²) in [5.41, 5.74) is 4.06. The largest absolute Gasteiger partial charge is 0.478 e. The van der Waals surface area contributed by atoms with E-state index >= 15 is 0 Å². The fourth-order valence-electron chi connectivity index (χ4n) is 4.35. The van der Waals surface area contributed by atoms with Gasteiger partial charge in [-0.25, -0.2) is 14.0 Å². The second kappa shape index (κ2) is 10.4. The fourth-order valence-corrected chi connectivity index (χ4v) is 4.35. The van der Waals surface area contributed by atoms with E-state index in [4.69, 9.17) is 9.84 Å². The molecule has 3 aromatic rings. The van der Waals surface area contributed by atoms with Crippen molar-refractivity contribution in [3.05, 3.63) is 89.2 Å². The van der Waals surface area contributed by atoms with Crippen molar-refractivity contribution in [3.63, 3.8) is 0 Å². The molecule has 0 aromatic heterocycles. The van der Waals surface area contributed by atoms with Gasteiger partial charge in [-0.05, 0) is 46.9 Å². The monoisotopic (exact) mass is 476 g/mol. The van der Waals surface area contributed by atoms with Crippen LogP contribution in [0.25, 0.3) is 11.1 Å². The number of hydrogen-bond donors (Lipinski definition) is 3. The third kappa shape index (κ3) is 5.32. The van der Waals surface area contributed by atoms with E-state index < -0.39 is 29.8 Å². The number of alkyl carbamates (subject to hydrolysis) is 1. The van der Waals surface area contributed by atoms with Gasteiger partial charge in [-0.1, -0.05) is 61.9 Å². The lowest BCUT2D eigenvalue weighted by Crippen LogP contribution is -2.44. The van der Waals surface area contributed by atoms with Crippen LogP contribution in [-0.4, -0.2) is 35.7 Å². The SMILES string of the molecule is CCC[C@@H](NC(=O)OCC1c2ccccc2-c2ccccc21)C(=O)Nc1cc(F)cc(C(=O)O)c1. The normalized spacial score (nSPS) is 12.9. The quantitative estimate of drug-likeness (QED) is 0.416. The second-order valence-corrected chi connectivity index (χ2v) is 8.33. The third-order valence-electron chi connectivity index (χ3n) is 5.94. The summed E-state index contributed by atoms with van der Waals surface area (Å²) in [7, 11) is 0. The van der Waals surface area contributed by atoms with E-state index in [2.05, 4.69) is 10.6 Å². The number of carbonyl (C=O) groups excluding carboxylic acids is 2. The Balaban J connectivity index is 1.42. The summed E-state index contributed by atoms with van der Waals surface area (Å²) in [5, 5.41) is 14.2. The smallest absolute Gasteiger partial charge is 0.407 e. The van der Waals surface area contributed by atoms with Gasteiger partial charge in [0.1, 0.15) is 18.5 Å². The zero-order chi connectivity index (χ0) is 24.9. The highest BCUT2D eigenvalue weighted by Crippen LogP contribution is 2.44. The lowest BCUT2D eigenvalue weighted by molar-refractivity contribution is -0.118. The molecule has 180 valence electrons. The highest BCUT2D eigenvalue weighted by molar-refractivity contribution is 5.98. The van der Waals surface area contributed by atoms with Crippen molar-refractivity contribution in [1.82, 2.24) is 5.32 Å². The Morgan fingerprint density at radius 3 is 2.23 bits per heavy atom. The van der Waals surface area contributed by atoms with Crippen molar-refractivity contribution in [2.75, 3.05) is 11.9 Å². The molecule has 0 saturated carbocycles. The van der Waals surface area contributed by atoms with Crippen molar-refractivity contribution >= 4 is 23.7 Å². The van der Waals surface area contributed by atoms with Crippen LogP contribution in [0.15, 0.2) is 66.7 Å². The molecule has 1 atom stereocenters. The molecule has 8 heteroatoms. The molecule has 0 fully saturated rings. The maximum Gasteiger partial charge on any atom is 0.407 e. The zero-order valence-electron chi connectivity index (χ0n) is 19.1. The topological polar surface area (TPSA) is 105 Å². The molecule has 0 spiro atoms. The van der Waals surface area contributed by atoms with Crippen LogP contribution in [-0.2, 0) is 9.53 Å². The first-order valence-corrected chi connectivity index (χ1v) is 11.3. The molecule has 35 heavy (non-hydrogen) atoms. The van der Waals surface area contributed by atoms with E-state index in [1.807, 2.05) is 55.5 Å². The third-order valence-corrected chi connectivity index (χ3v) is 5.94. The molecule has 2 amide bonds. The number of rotatable bonds is 8. The molecule has 3 aromatic carbocycles. The number of benzene rings is 3. The number of ether oxygens (including phenoxy) is 1. The van der Waals surface area contributed by atoms with Crippen LogP contribution >= 0.6 is 0 Å². The Kier molecular flexibility index (Phi) is 7.10. The van der Waals surface area contributed by atoms with Crippen LogP contribution < -0.4 is 10.6 Å². The summed E-state index contributed by atoms with van der Waals surface area (Å²) >= 11 is 0. The van der Waals surface area contributed by atoms with Crippen molar-refractivity contribution in [3.8, 4) is 11.1 Å². The molecule has 0 radical (unpaired) electrons. The van der Waals surface area contributed by atoms with E-state index in [0.717, 1.165) is 40.5 Å². The van der Waals surface area contributed by atoms with Gasteiger partial charge < -0.3 is 20.5 Å². The Morgan fingerprint density at radius 2 is 1.63 bits per heavy atom. The number of halogens is 1. The number of fused-ring (bicyclic) bond motifs is 3. The standard InChI is InChI=1S/C27H25FN2O5/c1-2-7-24(25(31)29-18-13-16(26(32)33)12-17(28)14-18)30-27(34)35-15-23-21-10-5-3-8-19(21)20-9-4-6-11-22(20)23/h3-6,8-14,23-24H,2,7,15H2,1H3,(H,29,31)(H,30,34)(H,32,33)/t24-/m1/s1. The van der Waals surface area contributed by atoms with E-state index in [1.165, 1.54) is 0 Å². The van der Waals surface area contributed by atoms with Crippen molar-refractivity contribution < 1.29 is 28.6 Å². The minimum atomic E-state index is -1.32. The summed E-state index contributed by atoms with van der Waals surface area (Å²) in [6.45, 7) is 1.95. The number of aromatic carboxylic acids is 1. The van der Waals surface area contributed by atoms with E-state index in [1.54, 1.807) is 0 Å². The predicted octanol–water partition coefficient (Wildman–Crippen LogP) is 5.17. The first kappa shape index (κ1) is 23.9. The Labute approximate surface area is 201 Å². The van der Waals surface area contributed by atoms with Gasteiger partial charge in [-0.2, -0.15) is 0 Å².